The van der Waals surface area contributed by atoms with E-state index in [4.69, 9.17) is 47.5 Å². The molecule has 556 valence electrons. The Morgan fingerprint density at radius 1 is 0.554 bits per heavy atom. The van der Waals surface area contributed by atoms with Gasteiger partial charge in [-0.3, -0.25) is 14.4 Å². The topological polar surface area (TPSA) is 476 Å². The zero-order valence-electron chi connectivity index (χ0n) is 55.3. The molecule has 0 bridgehead atoms. The number of imide groups is 1. The first-order chi connectivity index (χ1) is 47.6. The lowest BCUT2D eigenvalue weighted by atomic mass is 9.72. The summed E-state index contributed by atoms with van der Waals surface area (Å²) in [5, 5.41) is 11.5. The second-order valence-electron chi connectivity index (χ2n) is 23.8. The third-order valence-corrected chi connectivity index (χ3v) is 21.3. The van der Waals surface area contributed by atoms with E-state index in [-0.39, 0.29) is 173 Å². The highest BCUT2D eigenvalue weighted by Crippen LogP contribution is 2.55. The summed E-state index contributed by atoms with van der Waals surface area (Å²) in [5.41, 5.74) is -3.98. The van der Waals surface area contributed by atoms with Gasteiger partial charge in [0.25, 0.3) is 11.8 Å². The molecule has 0 radical (unpaired) electrons. The zero-order chi connectivity index (χ0) is 73.9. The lowest BCUT2D eigenvalue weighted by molar-refractivity contribution is -0.442. The van der Waals surface area contributed by atoms with E-state index in [1.165, 1.54) is 61.0 Å². The van der Waals surface area contributed by atoms with Crippen molar-refractivity contribution in [3.8, 4) is 0 Å². The standard InChI is InChI=1S/C63H79N3O30S5/c1-62(14-6-34-97(72,73)74)53(65(17-19-90-25-27-94-32-33-95-31-29-92-23-21-88-4)50-11-9-43-45(58(50)62)35-41(98(75,76)77)37-51(43)100(81,82)83)39-47-60(70)48(61(47)71)40-54-63(2,15-18-89-24-26-93-30-28-91-22-20-87-3)59-46-36-42(99(78,79)80)38-52(101(84,85)86)44(46)8-10-49(59)64(54)16-5-7-57(69)96-66-55(67)12-13-56(66)68/h8-11,35-40H,5-7,12-34H2,1-4H3,(H5-,70,71,72,73,74,75,76,77,78,79,80,81,82,83,84,85,86)/p-4. The van der Waals surface area contributed by atoms with Crippen LogP contribution < -0.4 is 4.90 Å². The van der Waals surface area contributed by atoms with Crippen LogP contribution in [-0.2, 0) is 128 Å². The SMILES string of the molecule is COCCOCCOCCOCCOCC[N+]1=C(C=C2C(=O)C(/C=C3/N(CCCC(=O)ON4C(=O)CCC4=O)c4ccc5c(S(=O)(=O)[O-])cc(S(=O)(=O)[O-])cc5c4C3(C)CCOCCOCCOCCOC)=C2O)C(C)(CCCS(=O)(=O)[O-])c2c1ccc1c(S(=O)(=O)[O-])cc(S(=O)(=O)[O-])cc21. The molecule has 1 aliphatic carbocycles. The van der Waals surface area contributed by atoms with Crippen LogP contribution in [0.15, 0.2) is 103 Å². The number of methoxy groups -OCH3 is 2. The molecule has 2 atom stereocenters. The molecule has 0 spiro atoms. The predicted molar refractivity (Wildman–Crippen MR) is 347 cm³/mol. The molecular weight excluding hydrogens is 1440 g/mol. The summed E-state index contributed by atoms with van der Waals surface area (Å²) >= 11 is 0. The molecule has 0 aromatic heterocycles. The maximum absolute atomic E-state index is 15.3. The highest BCUT2D eigenvalue weighted by atomic mass is 32.2. The highest BCUT2D eigenvalue weighted by molar-refractivity contribution is 7.87. The van der Waals surface area contributed by atoms with E-state index in [0.717, 1.165) is 18.2 Å². The predicted octanol–water partition coefficient (Wildman–Crippen LogP) is 2.46. The summed E-state index contributed by atoms with van der Waals surface area (Å²) in [6, 6.07) is 7.56. The number of benzene rings is 4. The molecule has 1 fully saturated rings. The number of fused-ring (bicyclic) bond motifs is 6. The number of ether oxygens (including phenoxy) is 9. The first-order valence-electron chi connectivity index (χ1n) is 31.5. The van der Waals surface area contributed by atoms with Crippen LogP contribution in [0.5, 0.6) is 0 Å². The summed E-state index contributed by atoms with van der Waals surface area (Å²) in [4.78, 5) is 55.6. The van der Waals surface area contributed by atoms with Crippen LogP contribution in [-0.4, -0.2) is 248 Å². The van der Waals surface area contributed by atoms with Crippen molar-refractivity contribution in [2.45, 2.75) is 89.2 Å². The normalized spacial score (nSPS) is 19.1. The van der Waals surface area contributed by atoms with Crippen LogP contribution in [0.1, 0.15) is 69.9 Å². The third kappa shape index (κ3) is 19.4. The second kappa shape index (κ2) is 33.9. The summed E-state index contributed by atoms with van der Waals surface area (Å²) < 4.78 is 242. The fourth-order valence-corrected chi connectivity index (χ4v) is 15.5. The van der Waals surface area contributed by atoms with Gasteiger partial charge in [0.2, 0.25) is 11.5 Å². The van der Waals surface area contributed by atoms with Gasteiger partial charge in [-0.05, 0) is 104 Å². The Bertz CT molecular complexity index is 4540. The third-order valence-electron chi connectivity index (χ3n) is 17.1. The molecule has 38 heteroatoms. The van der Waals surface area contributed by atoms with Gasteiger partial charge in [-0.25, -0.2) is 46.9 Å². The molecule has 0 saturated carbocycles. The Hall–Kier alpha value is -6.64. The maximum atomic E-state index is 15.3. The Morgan fingerprint density at radius 2 is 1.02 bits per heavy atom. The van der Waals surface area contributed by atoms with Crippen LogP contribution in [0, 0.1) is 0 Å². The molecule has 101 heavy (non-hydrogen) atoms. The van der Waals surface area contributed by atoms with Crippen LogP contribution in [0.4, 0.5) is 11.4 Å². The molecule has 3 aliphatic heterocycles. The Labute approximate surface area is 583 Å². The van der Waals surface area contributed by atoms with Gasteiger partial charge >= 0.3 is 5.97 Å². The van der Waals surface area contributed by atoms with Crippen molar-refractivity contribution < 1.29 is 141 Å². The van der Waals surface area contributed by atoms with E-state index in [2.05, 4.69) is 0 Å². The number of amides is 2. The number of aliphatic hydroxyl groups excluding tert-OH is 1. The van der Waals surface area contributed by atoms with E-state index in [0.29, 0.717) is 50.2 Å². The van der Waals surface area contributed by atoms with Crippen molar-refractivity contribution in [1.29, 1.82) is 0 Å². The number of aliphatic hydroxyl groups is 1. The lowest BCUT2D eigenvalue weighted by Gasteiger charge is -2.32. The molecular formula is C63H75N3O30S5-4. The largest absolute Gasteiger partial charge is 0.748 e. The number of Topliss-reactive ketones (excluding diaryl/α,β-unsaturated/α-hetero) is 1. The number of hydroxylamine groups is 2. The molecule has 4 aromatic carbocycles. The monoisotopic (exact) mass is 1510 g/mol. The van der Waals surface area contributed by atoms with Crippen molar-refractivity contribution in [3.05, 3.63) is 94.4 Å². The minimum Gasteiger partial charge on any atom is -0.748 e. The van der Waals surface area contributed by atoms with Gasteiger partial charge in [0.1, 0.15) is 52.8 Å². The van der Waals surface area contributed by atoms with E-state index >= 15 is 4.79 Å². The second-order valence-corrected chi connectivity index (χ2v) is 30.8. The van der Waals surface area contributed by atoms with Crippen LogP contribution in [0.3, 0.4) is 0 Å². The zero-order valence-corrected chi connectivity index (χ0v) is 59.4. The maximum Gasteiger partial charge on any atom is 0.333 e. The van der Waals surface area contributed by atoms with Gasteiger partial charge in [-0.15, -0.1) is 5.06 Å². The number of rotatable bonds is 42. The first-order valence-corrected chi connectivity index (χ1v) is 38.7. The molecule has 8 rings (SSSR count). The quantitative estimate of drug-likeness (QED) is 0.0219. The van der Waals surface area contributed by atoms with Gasteiger partial charge in [-0.1, -0.05) is 6.07 Å². The van der Waals surface area contributed by atoms with Gasteiger partial charge in [0.05, 0.1) is 139 Å². The van der Waals surface area contributed by atoms with Crippen molar-refractivity contribution in [1.82, 2.24) is 5.06 Å². The highest BCUT2D eigenvalue weighted by Gasteiger charge is 2.52. The molecule has 1 saturated heterocycles. The molecule has 3 heterocycles. The van der Waals surface area contributed by atoms with E-state index in [1.54, 1.807) is 6.92 Å². The van der Waals surface area contributed by atoms with Crippen molar-refractivity contribution in [2.75, 3.05) is 144 Å². The molecule has 33 nitrogen and oxygen atoms in total. The fraction of sp³-hybridized carbons (Fsp3) is 0.508. The summed E-state index contributed by atoms with van der Waals surface area (Å²) in [6.07, 6.45) is 0.314. The number of hydrogen-bond acceptors (Lipinski definition) is 31. The van der Waals surface area contributed by atoms with Crippen molar-refractivity contribution in [3.63, 3.8) is 0 Å². The summed E-state index contributed by atoms with van der Waals surface area (Å²) in [5.74, 6) is -5.23. The summed E-state index contributed by atoms with van der Waals surface area (Å²) in [6.45, 7) is 5.02. The van der Waals surface area contributed by atoms with Crippen LogP contribution in [0.25, 0.3) is 21.5 Å². The van der Waals surface area contributed by atoms with E-state index in [1.807, 2.05) is 0 Å². The molecule has 2 amide bonds. The Kier molecular flexibility index (Phi) is 26.8. The minimum atomic E-state index is -5.59. The Balaban J connectivity index is 1.27. The Morgan fingerprint density at radius 3 is 1.49 bits per heavy atom. The number of hydrogen-bond donors (Lipinski definition) is 1. The van der Waals surface area contributed by atoms with Crippen molar-refractivity contribution >= 4 is 113 Å². The van der Waals surface area contributed by atoms with Crippen LogP contribution in [0.2, 0.25) is 0 Å². The lowest BCUT2D eigenvalue weighted by Crippen LogP contribution is -2.35. The number of nitrogens with zero attached hydrogens (tertiary/aromatic N) is 3. The fourth-order valence-electron chi connectivity index (χ4n) is 12.4. The van der Waals surface area contributed by atoms with Gasteiger partial charge in [0, 0.05) is 92.3 Å². The summed E-state index contributed by atoms with van der Waals surface area (Å²) in [7, 11) is -24.2. The average molecular weight is 1510 g/mol. The number of carbonyl (C=O) groups is 4. The number of anilines is 1. The first kappa shape index (κ1) is 80.1. The van der Waals surface area contributed by atoms with Crippen molar-refractivity contribution in [2.24, 2.45) is 0 Å². The van der Waals surface area contributed by atoms with Gasteiger partial charge in [-0.2, -0.15) is 4.58 Å². The number of ketones is 1. The number of carbonyl (C=O) groups excluding carboxylic acids is 4. The van der Waals surface area contributed by atoms with E-state index in [9.17, 15) is 84.3 Å². The molecule has 2 unspecified atom stereocenters. The van der Waals surface area contributed by atoms with Gasteiger partial charge < -0.3 is 80.2 Å². The van der Waals surface area contributed by atoms with E-state index < -0.39 is 140 Å². The minimum absolute atomic E-state index is 0.0124. The molecule has 4 aromatic rings. The average Bonchev–Trinajstić information content (AvgIpc) is 1.57. The van der Waals surface area contributed by atoms with Gasteiger partial charge in [0.15, 0.2) is 12.3 Å². The van der Waals surface area contributed by atoms with Crippen LogP contribution >= 0.6 is 0 Å². The molecule has 4 aliphatic rings. The molecule has 1 N–H and O–H groups in total. The smallest absolute Gasteiger partial charge is 0.333 e. The number of allylic oxidation sites excluding steroid dienone is 5.